The van der Waals surface area contributed by atoms with Gasteiger partial charge in [0.2, 0.25) is 0 Å². The van der Waals surface area contributed by atoms with Gasteiger partial charge in [0.15, 0.2) is 0 Å². The number of nitrogens with zero attached hydrogens (tertiary/aromatic N) is 1. The second-order valence-electron chi connectivity index (χ2n) is 3.86. The van der Waals surface area contributed by atoms with Crippen molar-refractivity contribution >= 4 is 11.1 Å². The van der Waals surface area contributed by atoms with Crippen LogP contribution in [-0.4, -0.2) is 10.2 Å². The lowest BCUT2D eigenvalue weighted by molar-refractivity contribution is 1.07. The van der Waals surface area contributed by atoms with Gasteiger partial charge in [-0.15, -0.1) is 0 Å². The summed E-state index contributed by atoms with van der Waals surface area (Å²) in [4.78, 5) is 0. The smallest absolute Gasteiger partial charge is 0.0725 e. The van der Waals surface area contributed by atoms with Crippen LogP contribution in [0, 0.1) is 0 Å². The van der Waals surface area contributed by atoms with E-state index in [9.17, 15) is 0 Å². The van der Waals surface area contributed by atoms with Gasteiger partial charge in [-0.05, 0) is 25.0 Å². The monoisotopic (exact) mass is 312 g/mol. The van der Waals surface area contributed by atoms with Crippen molar-refractivity contribution < 1.29 is 0 Å². The molecule has 1 N–H and O–H groups in total. The van der Waals surface area contributed by atoms with Crippen molar-refractivity contribution in [2.75, 3.05) is 0 Å². The molecule has 2 nitrogen and oxygen atoms in total. The third-order valence-electron chi connectivity index (χ3n) is 2.61. The molecule has 2 heteroatoms. The fraction of sp³-hybridized carbons (Fsp3) is 0.286. The van der Waals surface area contributed by atoms with E-state index in [-0.39, 0.29) is 0 Å². The molecule has 1 aromatic heterocycles. The topological polar surface area (TPSA) is 28.7 Å². The summed E-state index contributed by atoms with van der Waals surface area (Å²) in [7, 11) is 0. The summed E-state index contributed by atoms with van der Waals surface area (Å²) in [6, 6.07) is 0. The fourth-order valence-corrected chi connectivity index (χ4v) is 1.76. The van der Waals surface area contributed by atoms with Crippen LogP contribution in [0.5, 0.6) is 0 Å². The summed E-state index contributed by atoms with van der Waals surface area (Å²) in [5.74, 6) is 0. The molecule has 0 aromatic carbocycles. The molecule has 0 amide bonds. The first kappa shape index (κ1) is 22.9. The minimum atomic E-state index is 0.992. The molecule has 23 heavy (non-hydrogen) atoms. The van der Waals surface area contributed by atoms with Crippen LogP contribution in [0.4, 0.5) is 0 Å². The zero-order chi connectivity index (χ0) is 18.1. The summed E-state index contributed by atoms with van der Waals surface area (Å²) in [5, 5.41) is 7.20. The van der Waals surface area contributed by atoms with Crippen molar-refractivity contribution in [3.8, 4) is 0 Å². The molecular formula is C21H32N2. The van der Waals surface area contributed by atoms with Gasteiger partial charge in [-0.3, -0.25) is 5.10 Å². The first-order valence-electron chi connectivity index (χ1n) is 8.23. The lowest BCUT2D eigenvalue weighted by Crippen LogP contribution is -1.88. The van der Waals surface area contributed by atoms with E-state index in [0.29, 0.717) is 0 Å². The van der Waals surface area contributed by atoms with Crippen molar-refractivity contribution in [3.05, 3.63) is 79.2 Å². The normalized spacial score (nSPS) is 11.6. The second kappa shape index (κ2) is 16.0. The Hall–Kier alpha value is -2.35. The average Bonchev–Trinajstić information content (AvgIpc) is 3.08. The Morgan fingerprint density at radius 2 is 1.65 bits per heavy atom. The van der Waals surface area contributed by atoms with Crippen molar-refractivity contribution in [2.45, 2.75) is 41.5 Å². The summed E-state index contributed by atoms with van der Waals surface area (Å²) < 4.78 is 0. The molecular weight excluding hydrogens is 280 g/mol. The van der Waals surface area contributed by atoms with Crippen LogP contribution in [0.15, 0.2) is 68.0 Å². The van der Waals surface area contributed by atoms with Gasteiger partial charge in [0.25, 0.3) is 0 Å². The molecule has 0 atom stereocenters. The van der Waals surface area contributed by atoms with E-state index >= 15 is 0 Å². The maximum absolute atomic E-state index is 4.15. The molecule has 1 aromatic rings. The minimum absolute atomic E-state index is 0.992. The maximum atomic E-state index is 4.15. The zero-order valence-electron chi connectivity index (χ0n) is 15.6. The van der Waals surface area contributed by atoms with E-state index in [1.165, 1.54) is 0 Å². The molecule has 0 bridgehead atoms. The van der Waals surface area contributed by atoms with Gasteiger partial charge >= 0.3 is 0 Å². The van der Waals surface area contributed by atoms with Crippen LogP contribution >= 0.6 is 0 Å². The highest BCUT2D eigenvalue weighted by Crippen LogP contribution is 2.25. The molecule has 0 saturated heterocycles. The maximum Gasteiger partial charge on any atom is 0.0725 e. The zero-order valence-corrected chi connectivity index (χ0v) is 15.6. The fourth-order valence-electron chi connectivity index (χ4n) is 1.76. The van der Waals surface area contributed by atoms with E-state index in [2.05, 4.69) is 23.4 Å². The highest BCUT2D eigenvalue weighted by molar-refractivity contribution is 5.85. The van der Waals surface area contributed by atoms with E-state index in [4.69, 9.17) is 0 Å². The van der Waals surface area contributed by atoms with Gasteiger partial charge in [0.1, 0.15) is 0 Å². The number of aromatic amines is 1. The van der Waals surface area contributed by atoms with Gasteiger partial charge < -0.3 is 0 Å². The molecule has 1 rings (SSSR count). The molecule has 1 heterocycles. The SMILES string of the molecule is C=C/C=C\C(=C/C)c1[nH]ncc1C(/C=C\C)=C/C=C.CC.CC. The number of allylic oxidation sites excluding steroid dienone is 10. The molecule has 0 aliphatic rings. The van der Waals surface area contributed by atoms with Gasteiger partial charge in [0.05, 0.1) is 11.9 Å². The first-order chi connectivity index (χ1) is 11.3. The molecule has 0 spiro atoms. The largest absolute Gasteiger partial charge is 0.277 e. The molecule has 0 aliphatic carbocycles. The Labute approximate surface area is 142 Å². The predicted molar refractivity (Wildman–Crippen MR) is 107 cm³/mol. The van der Waals surface area contributed by atoms with Gasteiger partial charge in [0, 0.05) is 5.56 Å². The Morgan fingerprint density at radius 3 is 2.13 bits per heavy atom. The number of rotatable bonds is 6. The summed E-state index contributed by atoms with van der Waals surface area (Å²) in [5.41, 5.74) is 4.20. The number of hydrogen-bond acceptors (Lipinski definition) is 1. The minimum Gasteiger partial charge on any atom is -0.277 e. The van der Waals surface area contributed by atoms with Gasteiger partial charge in [-0.2, -0.15) is 5.10 Å². The van der Waals surface area contributed by atoms with Crippen LogP contribution < -0.4 is 0 Å². The molecule has 0 radical (unpaired) electrons. The highest BCUT2D eigenvalue weighted by atomic mass is 15.1. The lowest BCUT2D eigenvalue weighted by atomic mass is 10.0. The Balaban J connectivity index is 0. The van der Waals surface area contributed by atoms with Crippen molar-refractivity contribution in [3.63, 3.8) is 0 Å². The van der Waals surface area contributed by atoms with Crippen molar-refractivity contribution in [2.24, 2.45) is 0 Å². The van der Waals surface area contributed by atoms with Crippen LogP contribution in [0.3, 0.4) is 0 Å². The Bertz CT molecular complexity index is 552. The standard InChI is InChI=1S/C17H20N2.2C2H6/c1-5-9-12-14(8-4)17-16(13-18-19-17)15(10-6-2)11-7-3;2*1-2/h5-13H,1-2H2,3-4H3,(H,18,19);2*1-2H3/b11-7-,12-9-,14-8+,15-10+;;. The number of aromatic nitrogens is 2. The lowest BCUT2D eigenvalue weighted by Gasteiger charge is -2.04. The molecule has 0 saturated carbocycles. The molecule has 126 valence electrons. The number of hydrogen-bond donors (Lipinski definition) is 1. The number of H-pyrrole nitrogens is 1. The number of nitrogens with one attached hydrogen (secondary N) is 1. The summed E-state index contributed by atoms with van der Waals surface area (Å²) >= 11 is 0. The highest BCUT2D eigenvalue weighted by Gasteiger charge is 2.09. The molecule has 0 unspecified atom stereocenters. The Morgan fingerprint density at radius 1 is 1.00 bits per heavy atom. The van der Waals surface area contributed by atoms with E-state index in [0.717, 1.165) is 22.4 Å². The van der Waals surface area contributed by atoms with Crippen molar-refractivity contribution in [1.82, 2.24) is 10.2 Å². The summed E-state index contributed by atoms with van der Waals surface area (Å²) in [6.45, 7) is 19.4. The van der Waals surface area contributed by atoms with Crippen LogP contribution in [0.2, 0.25) is 0 Å². The molecule has 0 aliphatic heterocycles. The van der Waals surface area contributed by atoms with Crippen LogP contribution in [0.25, 0.3) is 11.1 Å². The predicted octanol–water partition coefficient (Wildman–Crippen LogP) is 6.75. The molecule has 0 fully saturated rings. The second-order valence-corrected chi connectivity index (χ2v) is 3.86. The summed E-state index contributed by atoms with van der Waals surface area (Å²) in [6.07, 6.45) is 17.3. The first-order valence-corrected chi connectivity index (χ1v) is 8.23. The van der Waals surface area contributed by atoms with Crippen LogP contribution in [-0.2, 0) is 0 Å². The van der Waals surface area contributed by atoms with Gasteiger partial charge in [-0.1, -0.05) is 89.5 Å². The van der Waals surface area contributed by atoms with E-state index in [1.807, 2.05) is 84.2 Å². The third-order valence-corrected chi connectivity index (χ3v) is 2.61. The van der Waals surface area contributed by atoms with Crippen LogP contribution in [0.1, 0.15) is 52.8 Å². The Kier molecular flexibility index (Phi) is 16.0. The quantitative estimate of drug-likeness (QED) is 0.578. The third kappa shape index (κ3) is 8.01. The van der Waals surface area contributed by atoms with E-state index < -0.39 is 0 Å². The van der Waals surface area contributed by atoms with Gasteiger partial charge in [-0.25, -0.2) is 0 Å². The van der Waals surface area contributed by atoms with Crippen molar-refractivity contribution in [1.29, 1.82) is 0 Å². The van der Waals surface area contributed by atoms with E-state index in [1.54, 1.807) is 12.2 Å². The average molecular weight is 313 g/mol.